The third-order valence-electron chi connectivity index (χ3n) is 5.06. The Kier molecular flexibility index (Phi) is 4.43. The molecular weight excluding hydrogens is 293 g/mol. The highest BCUT2D eigenvalue weighted by Gasteiger charge is 2.39. The van der Waals surface area contributed by atoms with Crippen molar-refractivity contribution in [2.45, 2.75) is 51.2 Å². The minimum Gasteiger partial charge on any atom is -0.352 e. The maximum absolute atomic E-state index is 13.3. The summed E-state index contributed by atoms with van der Waals surface area (Å²) in [6, 6.07) is 6.36. The number of carbonyl (C=O) groups excluding carboxylic acids is 1. The van der Waals surface area contributed by atoms with Crippen molar-refractivity contribution in [1.82, 2.24) is 10.2 Å². The number of benzene rings is 1. The Morgan fingerprint density at radius 3 is 2.52 bits per heavy atom. The highest BCUT2D eigenvalue weighted by molar-refractivity contribution is 5.83. The van der Waals surface area contributed by atoms with Gasteiger partial charge in [0, 0.05) is 25.2 Å². The van der Waals surface area contributed by atoms with Gasteiger partial charge in [-0.2, -0.15) is 0 Å². The van der Waals surface area contributed by atoms with E-state index in [1.807, 2.05) is 0 Å². The summed E-state index contributed by atoms with van der Waals surface area (Å²) in [6.07, 6.45) is 2.97. The molecule has 3 rings (SSSR count). The van der Waals surface area contributed by atoms with Gasteiger partial charge in [-0.3, -0.25) is 9.69 Å². The molecule has 1 heterocycles. The lowest BCUT2D eigenvalue weighted by molar-refractivity contribution is -0.128. The zero-order chi connectivity index (χ0) is 16.6. The monoisotopic (exact) mass is 319 g/mol. The van der Waals surface area contributed by atoms with Crippen LogP contribution in [0.5, 0.6) is 0 Å². The normalized spacial score (nSPS) is 25.8. The maximum Gasteiger partial charge on any atom is 0.242 e. The lowest BCUT2D eigenvalue weighted by Gasteiger charge is -2.45. The van der Waals surface area contributed by atoms with Crippen molar-refractivity contribution >= 4 is 5.91 Å². The summed E-state index contributed by atoms with van der Waals surface area (Å²) in [4.78, 5) is 15.0. The predicted molar refractivity (Wildman–Crippen MR) is 88.3 cm³/mol. The van der Waals surface area contributed by atoms with Crippen LogP contribution in [0.3, 0.4) is 0 Å². The first-order valence-electron chi connectivity index (χ1n) is 8.42. The summed E-state index contributed by atoms with van der Waals surface area (Å²) >= 11 is 0. The van der Waals surface area contributed by atoms with E-state index in [9.17, 15) is 9.18 Å². The zero-order valence-corrected chi connectivity index (χ0v) is 13.9. The number of nitrogens with zero attached hydrogens (tertiary/aromatic N) is 1. The second kappa shape index (κ2) is 6.21. The average Bonchev–Trinajstić information content (AvgIpc) is 3.29. The molecule has 2 atom stereocenters. The van der Waals surface area contributed by atoms with Crippen LogP contribution in [0.4, 0.5) is 4.39 Å². The summed E-state index contributed by atoms with van der Waals surface area (Å²) in [5.41, 5.74) is 7.02. The number of hydrogen-bond donors (Lipinski definition) is 2. The molecule has 0 bridgehead atoms. The molecule has 2 aliphatic rings. The topological polar surface area (TPSA) is 58.4 Å². The predicted octanol–water partition coefficient (Wildman–Crippen LogP) is 2.20. The summed E-state index contributed by atoms with van der Waals surface area (Å²) < 4.78 is 13.3. The Hall–Kier alpha value is -1.46. The van der Waals surface area contributed by atoms with E-state index in [4.69, 9.17) is 5.73 Å². The molecular formula is C18H26FN3O. The largest absolute Gasteiger partial charge is 0.352 e. The highest BCUT2D eigenvalue weighted by Crippen LogP contribution is 2.34. The van der Waals surface area contributed by atoms with Gasteiger partial charge in [-0.1, -0.05) is 26.0 Å². The number of nitrogens with one attached hydrogen (secondary N) is 1. The lowest BCUT2D eigenvalue weighted by Crippen LogP contribution is -2.55. The molecule has 1 aliphatic carbocycles. The fraction of sp³-hybridized carbons (Fsp3) is 0.611. The molecule has 5 heteroatoms. The number of rotatable bonds is 4. The Bertz CT molecular complexity index is 568. The van der Waals surface area contributed by atoms with Crippen molar-refractivity contribution in [2.75, 3.05) is 13.1 Å². The van der Waals surface area contributed by atoms with Crippen molar-refractivity contribution in [3.63, 3.8) is 0 Å². The summed E-state index contributed by atoms with van der Waals surface area (Å²) in [5, 5.41) is 3.10. The number of nitrogens with two attached hydrogens (primary N) is 1. The van der Waals surface area contributed by atoms with E-state index in [0.717, 1.165) is 37.9 Å². The van der Waals surface area contributed by atoms with E-state index in [2.05, 4.69) is 24.1 Å². The first-order valence-corrected chi connectivity index (χ1v) is 8.42. The van der Waals surface area contributed by atoms with Gasteiger partial charge in [-0.25, -0.2) is 4.39 Å². The zero-order valence-electron chi connectivity index (χ0n) is 13.9. The summed E-state index contributed by atoms with van der Waals surface area (Å²) in [7, 11) is 0. The van der Waals surface area contributed by atoms with E-state index in [1.54, 1.807) is 12.1 Å². The fourth-order valence-corrected chi connectivity index (χ4v) is 3.32. The van der Waals surface area contributed by atoms with Crippen LogP contribution in [0, 0.1) is 11.2 Å². The van der Waals surface area contributed by atoms with Gasteiger partial charge in [0.2, 0.25) is 5.91 Å². The van der Waals surface area contributed by atoms with Gasteiger partial charge in [0.1, 0.15) is 11.9 Å². The molecule has 1 aromatic carbocycles. The lowest BCUT2D eigenvalue weighted by atomic mass is 9.79. The molecule has 1 saturated heterocycles. The molecule has 0 aromatic heterocycles. The van der Waals surface area contributed by atoms with Gasteiger partial charge in [0.25, 0.3) is 0 Å². The van der Waals surface area contributed by atoms with E-state index < -0.39 is 0 Å². The molecule has 23 heavy (non-hydrogen) atoms. The molecule has 0 radical (unpaired) electrons. The fourth-order valence-electron chi connectivity index (χ4n) is 3.32. The number of amides is 1. The molecule has 1 aliphatic heterocycles. The second-order valence-electron chi connectivity index (χ2n) is 7.59. The van der Waals surface area contributed by atoms with Crippen molar-refractivity contribution in [3.05, 3.63) is 35.6 Å². The molecule has 3 N–H and O–H groups in total. The molecule has 1 aromatic rings. The van der Waals surface area contributed by atoms with E-state index in [-0.39, 0.29) is 29.2 Å². The van der Waals surface area contributed by atoms with E-state index in [0.29, 0.717) is 6.04 Å². The highest BCUT2D eigenvalue weighted by atomic mass is 19.1. The number of halogens is 1. The Morgan fingerprint density at radius 2 is 1.96 bits per heavy atom. The van der Waals surface area contributed by atoms with Gasteiger partial charge in [0.15, 0.2) is 0 Å². The SMILES string of the molecule is CC1(C)CN(C(C(=O)NC2CC2)c2ccc(F)cc2)CCC1N. The smallest absolute Gasteiger partial charge is 0.242 e. The first-order chi connectivity index (χ1) is 10.9. The summed E-state index contributed by atoms with van der Waals surface area (Å²) in [5.74, 6) is -0.263. The van der Waals surface area contributed by atoms with Crippen LogP contribution in [0.2, 0.25) is 0 Å². The third-order valence-corrected chi connectivity index (χ3v) is 5.06. The molecule has 126 valence electrons. The maximum atomic E-state index is 13.3. The Morgan fingerprint density at radius 1 is 1.30 bits per heavy atom. The molecule has 2 unspecified atom stereocenters. The van der Waals surface area contributed by atoms with Crippen LogP contribution in [0.15, 0.2) is 24.3 Å². The minimum atomic E-state index is -0.372. The van der Waals surface area contributed by atoms with Gasteiger partial charge in [-0.15, -0.1) is 0 Å². The molecule has 0 spiro atoms. The van der Waals surface area contributed by atoms with Crippen LogP contribution >= 0.6 is 0 Å². The van der Waals surface area contributed by atoms with Crippen LogP contribution in [0.1, 0.15) is 44.7 Å². The first kappa shape index (κ1) is 16.4. The van der Waals surface area contributed by atoms with E-state index >= 15 is 0 Å². The quantitative estimate of drug-likeness (QED) is 0.894. The van der Waals surface area contributed by atoms with Crippen molar-refractivity contribution < 1.29 is 9.18 Å². The van der Waals surface area contributed by atoms with Crippen LogP contribution in [0.25, 0.3) is 0 Å². The molecule has 1 amide bonds. The van der Waals surface area contributed by atoms with Crippen molar-refractivity contribution in [1.29, 1.82) is 0 Å². The van der Waals surface area contributed by atoms with Crippen LogP contribution in [-0.4, -0.2) is 36.0 Å². The third kappa shape index (κ3) is 3.72. The number of piperidine rings is 1. The van der Waals surface area contributed by atoms with Gasteiger partial charge in [-0.05, 0) is 42.4 Å². The van der Waals surface area contributed by atoms with Crippen LogP contribution in [-0.2, 0) is 4.79 Å². The van der Waals surface area contributed by atoms with Gasteiger partial charge < -0.3 is 11.1 Å². The number of carbonyl (C=O) groups is 1. The molecule has 4 nitrogen and oxygen atoms in total. The average molecular weight is 319 g/mol. The van der Waals surface area contributed by atoms with Gasteiger partial charge in [0.05, 0.1) is 0 Å². The summed E-state index contributed by atoms with van der Waals surface area (Å²) in [6.45, 7) is 5.83. The number of hydrogen-bond acceptors (Lipinski definition) is 3. The molecule has 2 fully saturated rings. The Labute approximate surface area is 137 Å². The second-order valence-corrected chi connectivity index (χ2v) is 7.59. The van der Waals surface area contributed by atoms with Gasteiger partial charge >= 0.3 is 0 Å². The number of likely N-dealkylation sites (tertiary alicyclic amines) is 1. The van der Waals surface area contributed by atoms with Crippen molar-refractivity contribution in [2.24, 2.45) is 11.1 Å². The minimum absolute atomic E-state index is 0.0189. The standard InChI is InChI=1S/C18H26FN3O/c1-18(2)11-22(10-9-15(18)20)16(17(23)21-14-7-8-14)12-3-5-13(19)6-4-12/h3-6,14-16H,7-11,20H2,1-2H3,(H,21,23). The van der Waals surface area contributed by atoms with Crippen molar-refractivity contribution in [3.8, 4) is 0 Å². The molecule has 1 saturated carbocycles. The Balaban J connectivity index is 1.85. The van der Waals surface area contributed by atoms with Crippen LogP contribution < -0.4 is 11.1 Å². The van der Waals surface area contributed by atoms with E-state index in [1.165, 1.54) is 12.1 Å².